The maximum Gasteiger partial charge on any atom is 0.0472 e. The number of hydrogen-bond acceptors (Lipinski definition) is 4. The minimum atomic E-state index is 0.413. The summed E-state index contributed by atoms with van der Waals surface area (Å²) in [6, 6.07) is 0. The highest BCUT2D eigenvalue weighted by Gasteiger charge is 2.37. The fourth-order valence-corrected chi connectivity index (χ4v) is 4.72. The standard InChI is InChI=1S/C17H34N2OS/c1-15(2)11-18-12-17(5-8-20-9-6-17)14-19-7-10-21-16(3,4)13-19/h15,18H,5-14H2,1-4H3. The van der Waals surface area contributed by atoms with Crippen LogP contribution in [0.25, 0.3) is 0 Å². The Labute approximate surface area is 135 Å². The Bertz CT molecular complexity index is 314. The highest BCUT2D eigenvalue weighted by Crippen LogP contribution is 2.35. The topological polar surface area (TPSA) is 24.5 Å². The van der Waals surface area contributed by atoms with Crippen molar-refractivity contribution in [3.8, 4) is 0 Å². The van der Waals surface area contributed by atoms with Crippen LogP contribution in [0, 0.1) is 11.3 Å². The summed E-state index contributed by atoms with van der Waals surface area (Å²) in [4.78, 5) is 2.71. The number of thioether (sulfide) groups is 1. The fourth-order valence-electron chi connectivity index (χ4n) is 3.54. The molecule has 2 fully saturated rings. The third-order valence-electron chi connectivity index (χ3n) is 4.67. The first kappa shape index (κ1) is 17.6. The number of ether oxygens (including phenoxy) is 1. The molecule has 0 radical (unpaired) electrons. The zero-order chi connectivity index (χ0) is 15.3. The molecule has 0 aromatic carbocycles. The van der Waals surface area contributed by atoms with E-state index in [0.717, 1.165) is 32.2 Å². The zero-order valence-electron chi connectivity index (χ0n) is 14.4. The Morgan fingerprint density at radius 3 is 2.57 bits per heavy atom. The van der Waals surface area contributed by atoms with E-state index in [2.05, 4.69) is 49.7 Å². The van der Waals surface area contributed by atoms with Crippen LogP contribution in [0.15, 0.2) is 0 Å². The van der Waals surface area contributed by atoms with Crippen LogP contribution in [0.2, 0.25) is 0 Å². The summed E-state index contributed by atoms with van der Waals surface area (Å²) in [5.41, 5.74) is 0.422. The summed E-state index contributed by atoms with van der Waals surface area (Å²) in [7, 11) is 0. The molecular formula is C17H34N2OS. The average Bonchev–Trinajstić information content (AvgIpc) is 2.38. The lowest BCUT2D eigenvalue weighted by Gasteiger charge is -2.45. The summed E-state index contributed by atoms with van der Waals surface area (Å²) in [5, 5.41) is 3.72. The van der Waals surface area contributed by atoms with Crippen LogP contribution in [0.5, 0.6) is 0 Å². The predicted octanol–water partition coefficient (Wildman–Crippen LogP) is 2.86. The van der Waals surface area contributed by atoms with E-state index in [0.29, 0.717) is 10.2 Å². The van der Waals surface area contributed by atoms with Crippen LogP contribution in [-0.4, -0.2) is 61.3 Å². The normalized spacial score (nSPS) is 26.1. The minimum absolute atomic E-state index is 0.413. The maximum atomic E-state index is 5.63. The van der Waals surface area contributed by atoms with Gasteiger partial charge in [0.2, 0.25) is 0 Å². The van der Waals surface area contributed by atoms with Gasteiger partial charge in [0.15, 0.2) is 0 Å². The molecule has 2 rings (SSSR count). The van der Waals surface area contributed by atoms with Crippen molar-refractivity contribution in [1.82, 2.24) is 10.2 Å². The summed E-state index contributed by atoms with van der Waals surface area (Å²) >= 11 is 2.12. The van der Waals surface area contributed by atoms with Crippen molar-refractivity contribution in [2.75, 3.05) is 51.7 Å². The van der Waals surface area contributed by atoms with E-state index in [1.54, 1.807) is 0 Å². The molecule has 0 aromatic rings. The lowest BCUT2D eigenvalue weighted by Crippen LogP contribution is -2.52. The Morgan fingerprint density at radius 1 is 1.24 bits per heavy atom. The highest BCUT2D eigenvalue weighted by atomic mass is 32.2. The molecule has 21 heavy (non-hydrogen) atoms. The first-order chi connectivity index (χ1) is 9.91. The first-order valence-corrected chi connectivity index (χ1v) is 9.54. The molecular weight excluding hydrogens is 280 g/mol. The number of rotatable bonds is 6. The molecule has 1 N–H and O–H groups in total. The van der Waals surface area contributed by atoms with Gasteiger partial charge in [-0.1, -0.05) is 13.8 Å². The maximum absolute atomic E-state index is 5.63. The molecule has 0 bridgehead atoms. The Balaban J connectivity index is 1.92. The molecule has 0 saturated carbocycles. The van der Waals surface area contributed by atoms with Gasteiger partial charge in [0.25, 0.3) is 0 Å². The molecule has 0 aromatic heterocycles. The quantitative estimate of drug-likeness (QED) is 0.815. The smallest absolute Gasteiger partial charge is 0.0472 e. The van der Waals surface area contributed by atoms with E-state index < -0.39 is 0 Å². The van der Waals surface area contributed by atoms with Crippen LogP contribution >= 0.6 is 11.8 Å². The van der Waals surface area contributed by atoms with E-state index in [9.17, 15) is 0 Å². The monoisotopic (exact) mass is 314 g/mol. The Hall–Kier alpha value is 0.230. The van der Waals surface area contributed by atoms with Crippen LogP contribution in [0.1, 0.15) is 40.5 Å². The second-order valence-corrected chi connectivity index (χ2v) is 9.76. The van der Waals surface area contributed by atoms with E-state index in [1.165, 1.54) is 38.2 Å². The van der Waals surface area contributed by atoms with Crippen molar-refractivity contribution < 1.29 is 4.74 Å². The molecule has 0 amide bonds. The zero-order valence-corrected chi connectivity index (χ0v) is 15.2. The van der Waals surface area contributed by atoms with Gasteiger partial charge in [0.05, 0.1) is 0 Å². The van der Waals surface area contributed by atoms with Crippen molar-refractivity contribution in [2.24, 2.45) is 11.3 Å². The van der Waals surface area contributed by atoms with Crippen molar-refractivity contribution in [3.05, 3.63) is 0 Å². The van der Waals surface area contributed by atoms with Gasteiger partial charge in [-0.15, -0.1) is 0 Å². The highest BCUT2D eigenvalue weighted by molar-refractivity contribution is 8.00. The Kier molecular flexibility index (Phi) is 6.42. The molecule has 0 atom stereocenters. The van der Waals surface area contributed by atoms with Crippen LogP contribution in [-0.2, 0) is 4.74 Å². The van der Waals surface area contributed by atoms with Crippen LogP contribution in [0.3, 0.4) is 0 Å². The largest absolute Gasteiger partial charge is 0.381 e. The molecule has 124 valence electrons. The molecule has 2 heterocycles. The summed E-state index contributed by atoms with van der Waals surface area (Å²) in [6.07, 6.45) is 2.42. The summed E-state index contributed by atoms with van der Waals surface area (Å²) in [6.45, 7) is 17.2. The van der Waals surface area contributed by atoms with Gasteiger partial charge in [-0.3, -0.25) is 0 Å². The molecule has 3 nitrogen and oxygen atoms in total. The van der Waals surface area contributed by atoms with Crippen molar-refractivity contribution in [2.45, 2.75) is 45.3 Å². The second-order valence-electron chi connectivity index (χ2n) is 7.96. The van der Waals surface area contributed by atoms with E-state index in [-0.39, 0.29) is 0 Å². The van der Waals surface area contributed by atoms with Gasteiger partial charge in [0.1, 0.15) is 0 Å². The lowest BCUT2D eigenvalue weighted by atomic mass is 9.79. The molecule has 2 aliphatic heterocycles. The molecule has 2 saturated heterocycles. The van der Waals surface area contributed by atoms with Crippen LogP contribution < -0.4 is 5.32 Å². The lowest BCUT2D eigenvalue weighted by molar-refractivity contribution is -0.00519. The van der Waals surface area contributed by atoms with Gasteiger partial charge in [-0.05, 0) is 44.6 Å². The first-order valence-electron chi connectivity index (χ1n) is 8.56. The van der Waals surface area contributed by atoms with E-state index >= 15 is 0 Å². The van der Waals surface area contributed by atoms with Crippen molar-refractivity contribution in [3.63, 3.8) is 0 Å². The molecule has 0 aliphatic carbocycles. The third kappa shape index (κ3) is 5.74. The van der Waals surface area contributed by atoms with Gasteiger partial charge in [0, 0.05) is 49.9 Å². The minimum Gasteiger partial charge on any atom is -0.381 e. The van der Waals surface area contributed by atoms with Crippen molar-refractivity contribution in [1.29, 1.82) is 0 Å². The number of nitrogens with one attached hydrogen (secondary N) is 1. The third-order valence-corrected chi connectivity index (χ3v) is 5.97. The average molecular weight is 315 g/mol. The summed E-state index contributed by atoms with van der Waals surface area (Å²) < 4.78 is 6.04. The predicted molar refractivity (Wildman–Crippen MR) is 93.2 cm³/mol. The van der Waals surface area contributed by atoms with Gasteiger partial charge >= 0.3 is 0 Å². The summed E-state index contributed by atoms with van der Waals surface area (Å²) in [5.74, 6) is 2.01. The number of nitrogens with zero attached hydrogens (tertiary/aromatic N) is 1. The van der Waals surface area contributed by atoms with E-state index in [1.807, 2.05) is 0 Å². The SMILES string of the molecule is CC(C)CNCC1(CN2CCSC(C)(C)C2)CCOCC1. The van der Waals surface area contributed by atoms with Crippen LogP contribution in [0.4, 0.5) is 0 Å². The fraction of sp³-hybridized carbons (Fsp3) is 1.00. The molecule has 0 unspecified atom stereocenters. The van der Waals surface area contributed by atoms with E-state index in [4.69, 9.17) is 4.74 Å². The molecule has 4 heteroatoms. The number of hydrogen-bond donors (Lipinski definition) is 1. The molecule has 0 spiro atoms. The molecule has 2 aliphatic rings. The van der Waals surface area contributed by atoms with Gasteiger partial charge in [-0.25, -0.2) is 0 Å². The Morgan fingerprint density at radius 2 is 1.95 bits per heavy atom. The van der Waals surface area contributed by atoms with Crippen molar-refractivity contribution >= 4 is 11.8 Å². The van der Waals surface area contributed by atoms with Gasteiger partial charge < -0.3 is 15.0 Å². The second kappa shape index (κ2) is 7.67. The van der Waals surface area contributed by atoms with Gasteiger partial charge in [-0.2, -0.15) is 11.8 Å².